The van der Waals surface area contributed by atoms with E-state index in [9.17, 15) is 0 Å². The van der Waals surface area contributed by atoms with Crippen LogP contribution in [0.15, 0.2) is 5.38 Å². The normalized spacial score (nSPS) is 10.6. The molecular weight excluding hydrogens is 218 g/mol. The highest BCUT2D eigenvalue weighted by molar-refractivity contribution is 7.09. The van der Waals surface area contributed by atoms with Crippen LogP contribution in [-0.2, 0) is 13.1 Å². The molecule has 0 aliphatic carbocycles. The van der Waals surface area contributed by atoms with Gasteiger partial charge < -0.3 is 5.32 Å². The molecule has 1 aromatic rings. The Morgan fingerprint density at radius 3 is 3.06 bits per heavy atom. The fraction of sp³-hybridized carbons (Fsp3) is 0.583. The minimum atomic E-state index is 0.701. The minimum absolute atomic E-state index is 0.701. The van der Waals surface area contributed by atoms with Gasteiger partial charge in [0.1, 0.15) is 5.01 Å². The maximum Gasteiger partial charge on any atom is 0.107 e. The average Bonchev–Trinajstić information content (AvgIpc) is 2.67. The summed E-state index contributed by atoms with van der Waals surface area (Å²) in [5.41, 5.74) is 1.12. The molecule has 1 aromatic heterocycles. The van der Waals surface area contributed by atoms with Gasteiger partial charge >= 0.3 is 0 Å². The lowest BCUT2D eigenvalue weighted by molar-refractivity contribution is 0.296. The number of rotatable bonds is 7. The van der Waals surface area contributed by atoms with Crippen LogP contribution in [-0.4, -0.2) is 30.0 Å². The molecule has 0 bridgehead atoms. The molecule has 0 amide bonds. The van der Waals surface area contributed by atoms with Crippen LogP contribution >= 0.6 is 11.3 Å². The molecule has 0 atom stereocenters. The zero-order chi connectivity index (χ0) is 11.8. The number of terminal acetylenes is 1. The Balaban J connectivity index is 2.52. The Labute approximate surface area is 102 Å². The average molecular weight is 237 g/mol. The number of nitrogens with zero attached hydrogens (tertiary/aromatic N) is 2. The van der Waals surface area contributed by atoms with E-state index in [0.717, 1.165) is 36.8 Å². The van der Waals surface area contributed by atoms with Gasteiger partial charge in [-0.2, -0.15) is 0 Å². The molecule has 1 rings (SSSR count). The van der Waals surface area contributed by atoms with Crippen LogP contribution in [0.25, 0.3) is 0 Å². The summed E-state index contributed by atoms with van der Waals surface area (Å²) in [6.07, 6.45) is 6.47. The van der Waals surface area contributed by atoms with Gasteiger partial charge in [-0.05, 0) is 20.0 Å². The summed E-state index contributed by atoms with van der Waals surface area (Å²) in [6, 6.07) is 0. The third-order valence-electron chi connectivity index (χ3n) is 2.17. The van der Waals surface area contributed by atoms with E-state index in [-0.39, 0.29) is 0 Å². The van der Waals surface area contributed by atoms with Crippen molar-refractivity contribution in [3.05, 3.63) is 16.1 Å². The van der Waals surface area contributed by atoms with Crippen molar-refractivity contribution in [2.75, 3.05) is 20.1 Å². The molecule has 4 heteroatoms. The predicted molar refractivity (Wildman–Crippen MR) is 69.3 cm³/mol. The number of hydrogen-bond acceptors (Lipinski definition) is 4. The van der Waals surface area contributed by atoms with E-state index in [1.807, 2.05) is 7.05 Å². The van der Waals surface area contributed by atoms with E-state index in [4.69, 9.17) is 6.42 Å². The number of nitrogens with one attached hydrogen (secondary N) is 1. The SMILES string of the molecule is C#CCN(CCC)Cc1csc(CNC)n1. The van der Waals surface area contributed by atoms with Gasteiger partial charge in [0.15, 0.2) is 0 Å². The molecule has 1 N–H and O–H groups in total. The minimum Gasteiger partial charge on any atom is -0.314 e. The largest absolute Gasteiger partial charge is 0.314 e. The predicted octanol–water partition coefficient (Wildman–Crippen LogP) is 1.71. The van der Waals surface area contributed by atoms with Gasteiger partial charge in [0.2, 0.25) is 0 Å². The molecule has 0 aliphatic heterocycles. The van der Waals surface area contributed by atoms with Gasteiger partial charge in [0, 0.05) is 18.5 Å². The quantitative estimate of drug-likeness (QED) is 0.732. The second kappa shape index (κ2) is 7.39. The van der Waals surface area contributed by atoms with E-state index in [2.05, 4.69) is 33.4 Å². The van der Waals surface area contributed by atoms with Crippen molar-refractivity contribution in [1.29, 1.82) is 0 Å². The van der Waals surface area contributed by atoms with Gasteiger partial charge in [-0.15, -0.1) is 17.8 Å². The maximum absolute atomic E-state index is 5.35. The van der Waals surface area contributed by atoms with Crippen molar-refractivity contribution in [1.82, 2.24) is 15.2 Å². The van der Waals surface area contributed by atoms with Crippen LogP contribution in [0.5, 0.6) is 0 Å². The fourth-order valence-corrected chi connectivity index (χ4v) is 2.34. The zero-order valence-corrected chi connectivity index (χ0v) is 10.8. The summed E-state index contributed by atoms with van der Waals surface area (Å²) >= 11 is 1.70. The Kier molecular flexibility index (Phi) is 6.09. The first kappa shape index (κ1) is 13.2. The summed E-state index contributed by atoms with van der Waals surface area (Å²) < 4.78 is 0. The molecule has 88 valence electrons. The van der Waals surface area contributed by atoms with Crippen molar-refractivity contribution in [3.8, 4) is 12.3 Å². The topological polar surface area (TPSA) is 28.2 Å². The summed E-state index contributed by atoms with van der Waals surface area (Å²) in [5.74, 6) is 2.69. The van der Waals surface area contributed by atoms with Crippen LogP contribution in [0, 0.1) is 12.3 Å². The Bertz CT molecular complexity index is 340. The van der Waals surface area contributed by atoms with E-state index < -0.39 is 0 Å². The van der Waals surface area contributed by atoms with E-state index in [1.165, 1.54) is 0 Å². The highest BCUT2D eigenvalue weighted by Crippen LogP contribution is 2.11. The van der Waals surface area contributed by atoms with Crippen molar-refractivity contribution in [2.24, 2.45) is 0 Å². The van der Waals surface area contributed by atoms with Gasteiger partial charge in [-0.25, -0.2) is 4.98 Å². The lowest BCUT2D eigenvalue weighted by Gasteiger charge is -2.17. The number of hydrogen-bond donors (Lipinski definition) is 1. The standard InChI is InChI=1S/C12H19N3S/c1-4-6-15(7-5-2)9-11-10-16-12(14-11)8-13-3/h1,10,13H,5-9H2,2-3H3. The summed E-state index contributed by atoms with van der Waals surface area (Å²) in [6.45, 7) is 5.60. The monoisotopic (exact) mass is 237 g/mol. The molecule has 0 radical (unpaired) electrons. The maximum atomic E-state index is 5.35. The van der Waals surface area contributed by atoms with Crippen molar-refractivity contribution < 1.29 is 0 Å². The molecule has 0 aliphatic rings. The molecular formula is C12H19N3S. The summed E-state index contributed by atoms with van der Waals surface area (Å²) in [5, 5.41) is 6.35. The van der Waals surface area contributed by atoms with Crippen molar-refractivity contribution in [3.63, 3.8) is 0 Å². The lowest BCUT2D eigenvalue weighted by atomic mass is 10.3. The van der Waals surface area contributed by atoms with Gasteiger partial charge in [-0.3, -0.25) is 4.90 Å². The Hall–Kier alpha value is -0.890. The summed E-state index contributed by atoms with van der Waals surface area (Å²) in [4.78, 5) is 6.80. The molecule has 0 fully saturated rings. The third-order valence-corrected chi connectivity index (χ3v) is 3.07. The first-order valence-electron chi connectivity index (χ1n) is 5.53. The van der Waals surface area contributed by atoms with Crippen LogP contribution in [0.1, 0.15) is 24.0 Å². The van der Waals surface area contributed by atoms with Crippen molar-refractivity contribution >= 4 is 11.3 Å². The van der Waals surface area contributed by atoms with E-state index in [0.29, 0.717) is 6.54 Å². The highest BCUT2D eigenvalue weighted by Gasteiger charge is 2.06. The highest BCUT2D eigenvalue weighted by atomic mass is 32.1. The second-order valence-electron chi connectivity index (χ2n) is 3.68. The molecule has 0 saturated heterocycles. The number of thiazole rings is 1. The molecule has 16 heavy (non-hydrogen) atoms. The zero-order valence-electron chi connectivity index (χ0n) is 9.99. The fourth-order valence-electron chi connectivity index (χ4n) is 1.54. The number of aromatic nitrogens is 1. The molecule has 3 nitrogen and oxygen atoms in total. The van der Waals surface area contributed by atoms with E-state index in [1.54, 1.807) is 11.3 Å². The van der Waals surface area contributed by atoms with Crippen molar-refractivity contribution in [2.45, 2.75) is 26.4 Å². The first-order chi connectivity index (χ1) is 7.80. The van der Waals surface area contributed by atoms with E-state index >= 15 is 0 Å². The Morgan fingerprint density at radius 2 is 2.44 bits per heavy atom. The van der Waals surface area contributed by atoms with Gasteiger partial charge in [0.25, 0.3) is 0 Å². The molecule has 0 saturated carbocycles. The molecule has 1 heterocycles. The molecule has 0 unspecified atom stereocenters. The summed E-state index contributed by atoms with van der Waals surface area (Å²) in [7, 11) is 1.93. The van der Waals surface area contributed by atoms with Crippen LogP contribution in [0.2, 0.25) is 0 Å². The second-order valence-corrected chi connectivity index (χ2v) is 4.62. The van der Waals surface area contributed by atoms with Gasteiger partial charge in [0.05, 0.1) is 12.2 Å². The Morgan fingerprint density at radius 1 is 1.62 bits per heavy atom. The van der Waals surface area contributed by atoms with Crippen LogP contribution in [0.3, 0.4) is 0 Å². The van der Waals surface area contributed by atoms with Crippen LogP contribution in [0.4, 0.5) is 0 Å². The first-order valence-corrected chi connectivity index (χ1v) is 6.41. The lowest BCUT2D eigenvalue weighted by Crippen LogP contribution is -2.24. The third kappa shape index (κ3) is 4.31. The van der Waals surface area contributed by atoms with Crippen LogP contribution < -0.4 is 5.32 Å². The molecule has 0 spiro atoms. The smallest absolute Gasteiger partial charge is 0.107 e. The van der Waals surface area contributed by atoms with Gasteiger partial charge in [-0.1, -0.05) is 12.8 Å². The molecule has 0 aromatic carbocycles.